The van der Waals surface area contributed by atoms with E-state index >= 15 is 0 Å². The molecule has 1 aliphatic heterocycles. The summed E-state index contributed by atoms with van der Waals surface area (Å²) in [6, 6.07) is 24.8. The molecular formula is C37H40N4O5. The molecule has 0 aliphatic carbocycles. The SMILES string of the molecule is CCC(NC(=O)c1nc(CC2CCN(c3ccc(-c4ccc(C(C)=O)cc4)cc3)CC2)nc(C)c1OCc1ccccc1)C(=O)O. The Morgan fingerprint density at radius 1 is 0.935 bits per heavy atom. The van der Waals surface area contributed by atoms with Crippen molar-refractivity contribution in [3.8, 4) is 16.9 Å². The van der Waals surface area contributed by atoms with Gasteiger partial charge in [0, 0.05) is 30.8 Å². The van der Waals surface area contributed by atoms with Crippen molar-refractivity contribution in [1.29, 1.82) is 0 Å². The first-order valence-corrected chi connectivity index (χ1v) is 15.8. The highest BCUT2D eigenvalue weighted by atomic mass is 16.5. The average molecular weight is 621 g/mol. The Bertz CT molecular complexity index is 1670. The lowest BCUT2D eigenvalue weighted by atomic mass is 9.92. The van der Waals surface area contributed by atoms with E-state index in [2.05, 4.69) is 39.5 Å². The summed E-state index contributed by atoms with van der Waals surface area (Å²) in [5, 5.41) is 12.1. The predicted molar refractivity (Wildman–Crippen MR) is 177 cm³/mol. The highest BCUT2D eigenvalue weighted by Gasteiger charge is 2.27. The molecular weight excluding hydrogens is 580 g/mol. The lowest BCUT2D eigenvalue weighted by molar-refractivity contribution is -0.139. The monoisotopic (exact) mass is 620 g/mol. The van der Waals surface area contributed by atoms with E-state index in [0.717, 1.165) is 48.3 Å². The lowest BCUT2D eigenvalue weighted by Gasteiger charge is -2.33. The van der Waals surface area contributed by atoms with E-state index in [0.29, 0.717) is 29.4 Å². The first-order chi connectivity index (χ1) is 22.2. The average Bonchev–Trinajstić information content (AvgIpc) is 3.07. The quantitative estimate of drug-likeness (QED) is 0.177. The number of anilines is 1. The van der Waals surface area contributed by atoms with Gasteiger partial charge in [-0.2, -0.15) is 0 Å². The van der Waals surface area contributed by atoms with Crippen LogP contribution in [-0.4, -0.2) is 51.9 Å². The Labute approximate surface area is 269 Å². The number of nitrogens with zero attached hydrogens (tertiary/aromatic N) is 3. The summed E-state index contributed by atoms with van der Waals surface area (Å²) in [4.78, 5) is 48.3. The van der Waals surface area contributed by atoms with Gasteiger partial charge in [-0.1, -0.05) is 73.7 Å². The maximum atomic E-state index is 13.3. The summed E-state index contributed by atoms with van der Waals surface area (Å²) in [5.41, 5.74) is 5.58. The van der Waals surface area contributed by atoms with Crippen molar-refractivity contribution in [2.75, 3.05) is 18.0 Å². The zero-order chi connectivity index (χ0) is 32.6. The number of ketones is 1. The number of aliphatic carboxylic acids is 1. The van der Waals surface area contributed by atoms with E-state index < -0.39 is 17.9 Å². The number of carbonyl (C=O) groups is 3. The molecule has 1 aliphatic rings. The number of aryl methyl sites for hydroxylation is 1. The second-order valence-electron chi connectivity index (χ2n) is 11.8. The van der Waals surface area contributed by atoms with Gasteiger partial charge in [0.05, 0.1) is 5.69 Å². The highest BCUT2D eigenvalue weighted by molar-refractivity contribution is 5.97. The highest BCUT2D eigenvalue weighted by Crippen LogP contribution is 2.29. The van der Waals surface area contributed by atoms with Gasteiger partial charge < -0.3 is 20.1 Å². The molecule has 238 valence electrons. The molecule has 1 fully saturated rings. The van der Waals surface area contributed by atoms with E-state index in [4.69, 9.17) is 9.72 Å². The number of amides is 1. The van der Waals surface area contributed by atoms with Crippen LogP contribution in [-0.2, 0) is 17.8 Å². The molecule has 0 bridgehead atoms. The Kier molecular flexibility index (Phi) is 10.4. The number of Topliss-reactive ketones (excluding diaryl/α,β-unsaturated/α-hetero) is 1. The van der Waals surface area contributed by atoms with Crippen molar-refractivity contribution in [3.63, 3.8) is 0 Å². The minimum atomic E-state index is -1.10. The van der Waals surface area contributed by atoms with Crippen LogP contribution in [0.2, 0.25) is 0 Å². The molecule has 4 aromatic rings. The number of carboxylic acid groups (broad SMARTS) is 1. The molecule has 9 nitrogen and oxygen atoms in total. The summed E-state index contributed by atoms with van der Waals surface area (Å²) >= 11 is 0. The summed E-state index contributed by atoms with van der Waals surface area (Å²) < 4.78 is 6.06. The zero-order valence-electron chi connectivity index (χ0n) is 26.5. The van der Waals surface area contributed by atoms with Gasteiger partial charge in [0.2, 0.25) is 0 Å². The van der Waals surface area contributed by atoms with Crippen molar-refractivity contribution in [2.45, 2.75) is 59.1 Å². The second-order valence-corrected chi connectivity index (χ2v) is 11.8. The van der Waals surface area contributed by atoms with Crippen LogP contribution in [0.5, 0.6) is 5.75 Å². The van der Waals surface area contributed by atoms with Crippen molar-refractivity contribution >= 4 is 23.3 Å². The summed E-state index contributed by atoms with van der Waals surface area (Å²) in [6.07, 6.45) is 2.75. The summed E-state index contributed by atoms with van der Waals surface area (Å²) in [5.74, 6) is -0.474. The summed E-state index contributed by atoms with van der Waals surface area (Å²) in [7, 11) is 0. The number of ether oxygens (including phenoxy) is 1. The number of carbonyl (C=O) groups excluding carboxylic acids is 2. The van der Waals surface area contributed by atoms with E-state index in [-0.39, 0.29) is 30.3 Å². The lowest BCUT2D eigenvalue weighted by Crippen LogP contribution is -2.41. The van der Waals surface area contributed by atoms with E-state index in [1.54, 1.807) is 20.8 Å². The third-order valence-corrected chi connectivity index (χ3v) is 8.48. The second kappa shape index (κ2) is 14.8. The van der Waals surface area contributed by atoms with Crippen molar-refractivity contribution < 1.29 is 24.2 Å². The molecule has 2 heterocycles. The van der Waals surface area contributed by atoms with Crippen molar-refractivity contribution in [2.24, 2.45) is 5.92 Å². The predicted octanol–water partition coefficient (Wildman–Crippen LogP) is 6.29. The Balaban J connectivity index is 1.25. The molecule has 5 rings (SSSR count). The van der Waals surface area contributed by atoms with Crippen LogP contribution < -0.4 is 15.0 Å². The van der Waals surface area contributed by atoms with Crippen molar-refractivity contribution in [1.82, 2.24) is 15.3 Å². The number of hydrogen-bond donors (Lipinski definition) is 2. The molecule has 1 atom stereocenters. The number of rotatable bonds is 12. The van der Waals surface area contributed by atoms with Gasteiger partial charge in [-0.05, 0) is 67.9 Å². The van der Waals surface area contributed by atoms with Gasteiger partial charge in [-0.15, -0.1) is 0 Å². The topological polar surface area (TPSA) is 122 Å². The molecule has 1 saturated heterocycles. The largest absolute Gasteiger partial charge is 0.485 e. The van der Waals surface area contributed by atoms with Gasteiger partial charge >= 0.3 is 5.97 Å². The maximum Gasteiger partial charge on any atom is 0.326 e. The maximum absolute atomic E-state index is 13.3. The molecule has 1 aromatic heterocycles. The van der Waals surface area contributed by atoms with Crippen LogP contribution in [0.25, 0.3) is 11.1 Å². The van der Waals surface area contributed by atoms with E-state index in [1.165, 1.54) is 0 Å². The van der Waals surface area contributed by atoms with Crippen LogP contribution in [0.15, 0.2) is 78.9 Å². The molecule has 0 radical (unpaired) electrons. The number of aromatic nitrogens is 2. The molecule has 0 saturated carbocycles. The molecule has 1 unspecified atom stereocenters. The fourth-order valence-electron chi connectivity index (χ4n) is 5.75. The number of hydrogen-bond acceptors (Lipinski definition) is 7. The van der Waals surface area contributed by atoms with Gasteiger partial charge in [0.15, 0.2) is 17.2 Å². The molecule has 46 heavy (non-hydrogen) atoms. The molecule has 1 amide bonds. The number of piperidine rings is 1. The molecule has 9 heteroatoms. The Morgan fingerprint density at radius 3 is 2.15 bits per heavy atom. The molecule has 3 aromatic carbocycles. The normalized spacial score (nSPS) is 14.0. The van der Waals surface area contributed by atoms with Gasteiger partial charge in [-0.3, -0.25) is 9.59 Å². The minimum Gasteiger partial charge on any atom is -0.485 e. The fourth-order valence-corrected chi connectivity index (χ4v) is 5.75. The fraction of sp³-hybridized carbons (Fsp3) is 0.324. The number of nitrogens with one attached hydrogen (secondary N) is 1. The minimum absolute atomic E-state index is 0.0589. The zero-order valence-corrected chi connectivity index (χ0v) is 26.5. The molecule has 0 spiro atoms. The van der Waals surface area contributed by atoms with Crippen LogP contribution >= 0.6 is 0 Å². The standard InChI is InChI=1S/C37H40N4O5/c1-4-32(37(44)45)39-36(43)34-35(46-23-27-8-6-5-7-9-27)24(2)38-33(40-34)22-26-18-20-41(21-19-26)31-16-14-30(15-17-31)29-12-10-28(11-13-29)25(3)42/h5-17,26,32H,4,18-23H2,1-3H3,(H,39,43)(H,44,45). The third kappa shape index (κ3) is 7.96. The number of carboxylic acids is 1. The summed E-state index contributed by atoms with van der Waals surface area (Å²) in [6.45, 7) is 7.07. The smallest absolute Gasteiger partial charge is 0.326 e. The van der Waals surface area contributed by atoms with Gasteiger partial charge in [0.1, 0.15) is 18.5 Å². The Hall–Kier alpha value is -5.05. The van der Waals surface area contributed by atoms with E-state index in [1.807, 2.05) is 54.6 Å². The van der Waals surface area contributed by atoms with Crippen LogP contribution in [0.4, 0.5) is 5.69 Å². The van der Waals surface area contributed by atoms with E-state index in [9.17, 15) is 19.5 Å². The third-order valence-electron chi connectivity index (χ3n) is 8.48. The van der Waals surface area contributed by atoms with Crippen molar-refractivity contribution in [3.05, 3.63) is 107 Å². The van der Waals surface area contributed by atoms with Gasteiger partial charge in [-0.25, -0.2) is 14.8 Å². The molecule has 2 N–H and O–H groups in total. The van der Waals surface area contributed by atoms with Gasteiger partial charge in [0.25, 0.3) is 5.91 Å². The Morgan fingerprint density at radius 2 is 1.57 bits per heavy atom. The van der Waals surface area contributed by atoms with Crippen LogP contribution in [0, 0.1) is 12.8 Å². The number of benzene rings is 3. The first-order valence-electron chi connectivity index (χ1n) is 15.8. The first kappa shape index (κ1) is 32.3. The van der Waals surface area contributed by atoms with Crippen LogP contribution in [0.1, 0.15) is 71.0 Å². The van der Waals surface area contributed by atoms with Crippen LogP contribution in [0.3, 0.4) is 0 Å².